The Hall–Kier alpha value is -8.14. The van der Waals surface area contributed by atoms with Crippen LogP contribution in [0, 0.1) is 0 Å². The molecule has 302 valence electrons. The van der Waals surface area contributed by atoms with Crippen molar-refractivity contribution in [2.24, 2.45) is 0 Å². The zero-order chi connectivity index (χ0) is 42.5. The van der Waals surface area contributed by atoms with Crippen LogP contribution in [0.15, 0.2) is 223 Å². The monoisotopic (exact) mass is 818 g/mol. The van der Waals surface area contributed by atoms with Crippen LogP contribution >= 0.6 is 0 Å². The maximum absolute atomic E-state index is 6.51. The van der Waals surface area contributed by atoms with Gasteiger partial charge in [0.1, 0.15) is 11.2 Å². The van der Waals surface area contributed by atoms with Crippen molar-refractivity contribution < 1.29 is 4.42 Å². The Balaban J connectivity index is 0.999. The highest BCUT2D eigenvalue weighted by Gasteiger charge is 2.36. The predicted octanol–water partition coefficient (Wildman–Crippen LogP) is 16.9. The van der Waals surface area contributed by atoms with Gasteiger partial charge in [0, 0.05) is 54.7 Å². The third kappa shape index (κ3) is 5.41. The van der Waals surface area contributed by atoms with Gasteiger partial charge in [-0.1, -0.05) is 172 Å². The van der Waals surface area contributed by atoms with Gasteiger partial charge in [-0.25, -0.2) is 0 Å². The normalized spacial score (nSPS) is 13.0. The number of benzene rings is 10. The van der Waals surface area contributed by atoms with Gasteiger partial charge in [-0.05, 0) is 99.6 Å². The van der Waals surface area contributed by atoms with Gasteiger partial charge in [0.25, 0.3) is 0 Å². The van der Waals surface area contributed by atoms with Crippen molar-refractivity contribution >= 4 is 71.6 Å². The van der Waals surface area contributed by atoms with Gasteiger partial charge < -0.3 is 13.9 Å². The van der Waals surface area contributed by atoms with E-state index in [4.69, 9.17) is 4.42 Å². The molecule has 0 fully saturated rings. The lowest BCUT2D eigenvalue weighted by molar-refractivity contribution is 0.660. The number of aromatic nitrogens is 1. The Morgan fingerprint density at radius 2 is 0.969 bits per heavy atom. The SMILES string of the molecule is CC1(C)c2cc(-c3ccccc3)ccc2-c2ccc(N(c3ccc(-c4cccc5c4oc4ccccc45)cc3)c3ccc(-n4c5ccccc5c5ccccc54)c4ccccc34)cc21. The molecule has 1 aliphatic rings. The number of hydrogen-bond acceptors (Lipinski definition) is 2. The molecular formula is C61H42N2O. The first kappa shape index (κ1) is 36.5. The Kier molecular flexibility index (Phi) is 7.95. The summed E-state index contributed by atoms with van der Waals surface area (Å²) in [5.74, 6) is 0. The van der Waals surface area contributed by atoms with E-state index in [9.17, 15) is 0 Å². The second-order valence-electron chi connectivity index (χ2n) is 17.7. The average Bonchev–Trinajstić information content (AvgIpc) is 3.97. The molecule has 0 amide bonds. The Morgan fingerprint density at radius 1 is 0.391 bits per heavy atom. The van der Waals surface area contributed by atoms with E-state index in [2.05, 4.69) is 236 Å². The van der Waals surface area contributed by atoms with Crippen molar-refractivity contribution in [1.29, 1.82) is 0 Å². The molecular weight excluding hydrogens is 777 g/mol. The highest BCUT2D eigenvalue weighted by Crippen LogP contribution is 2.52. The molecule has 0 saturated heterocycles. The quantitative estimate of drug-likeness (QED) is 0.167. The van der Waals surface area contributed by atoms with Crippen LogP contribution in [0.1, 0.15) is 25.0 Å². The van der Waals surface area contributed by atoms with Gasteiger partial charge in [0.15, 0.2) is 0 Å². The van der Waals surface area contributed by atoms with Gasteiger partial charge in [-0.15, -0.1) is 0 Å². The minimum Gasteiger partial charge on any atom is -0.455 e. The van der Waals surface area contributed by atoms with E-state index in [0.717, 1.165) is 55.8 Å². The van der Waals surface area contributed by atoms with Gasteiger partial charge in [-0.3, -0.25) is 0 Å². The Bertz CT molecular complexity index is 3760. The van der Waals surface area contributed by atoms with E-state index >= 15 is 0 Å². The lowest BCUT2D eigenvalue weighted by Crippen LogP contribution is -2.17. The smallest absolute Gasteiger partial charge is 0.143 e. The second kappa shape index (κ2) is 13.9. The van der Waals surface area contributed by atoms with Crippen LogP contribution in [0.25, 0.3) is 93.6 Å². The molecule has 0 spiro atoms. The number of para-hydroxylation sites is 4. The second-order valence-corrected chi connectivity index (χ2v) is 17.7. The fourth-order valence-electron chi connectivity index (χ4n) is 10.7. The topological polar surface area (TPSA) is 21.3 Å². The maximum atomic E-state index is 6.51. The average molecular weight is 819 g/mol. The molecule has 0 radical (unpaired) electrons. The molecule has 2 aromatic heterocycles. The van der Waals surface area contributed by atoms with Crippen molar-refractivity contribution in [3.05, 3.63) is 230 Å². The minimum atomic E-state index is -0.214. The summed E-state index contributed by atoms with van der Waals surface area (Å²) in [5.41, 5.74) is 18.4. The van der Waals surface area contributed by atoms with Gasteiger partial charge in [0.2, 0.25) is 0 Å². The molecule has 0 unspecified atom stereocenters. The van der Waals surface area contributed by atoms with Crippen molar-refractivity contribution in [2.75, 3.05) is 4.90 Å². The number of anilines is 3. The minimum absolute atomic E-state index is 0.214. The first-order valence-electron chi connectivity index (χ1n) is 22.2. The fourth-order valence-corrected chi connectivity index (χ4v) is 10.7. The van der Waals surface area contributed by atoms with E-state index in [1.807, 2.05) is 6.07 Å². The number of furan rings is 1. The van der Waals surface area contributed by atoms with Crippen molar-refractivity contribution in [2.45, 2.75) is 19.3 Å². The van der Waals surface area contributed by atoms with E-state index in [-0.39, 0.29) is 5.41 Å². The summed E-state index contributed by atoms with van der Waals surface area (Å²) in [6, 6.07) is 79.7. The van der Waals surface area contributed by atoms with Gasteiger partial charge in [-0.2, -0.15) is 0 Å². The van der Waals surface area contributed by atoms with Crippen LogP contribution in [-0.2, 0) is 5.41 Å². The summed E-state index contributed by atoms with van der Waals surface area (Å²) in [5, 5.41) is 7.14. The molecule has 0 aliphatic heterocycles. The zero-order valence-corrected chi connectivity index (χ0v) is 35.6. The van der Waals surface area contributed by atoms with Crippen LogP contribution < -0.4 is 4.90 Å². The highest BCUT2D eigenvalue weighted by atomic mass is 16.3. The van der Waals surface area contributed by atoms with E-state index < -0.39 is 0 Å². The number of nitrogens with zero attached hydrogens (tertiary/aromatic N) is 2. The summed E-state index contributed by atoms with van der Waals surface area (Å²) in [7, 11) is 0. The van der Waals surface area contributed by atoms with Crippen LogP contribution in [0.5, 0.6) is 0 Å². The van der Waals surface area contributed by atoms with Crippen molar-refractivity contribution in [1.82, 2.24) is 4.57 Å². The maximum Gasteiger partial charge on any atom is 0.143 e. The molecule has 1 aliphatic carbocycles. The molecule has 2 heterocycles. The number of rotatable bonds is 6. The molecule has 0 N–H and O–H groups in total. The summed E-state index contributed by atoms with van der Waals surface area (Å²) in [6.07, 6.45) is 0. The summed E-state index contributed by atoms with van der Waals surface area (Å²) in [6.45, 7) is 4.76. The largest absolute Gasteiger partial charge is 0.455 e. The molecule has 13 rings (SSSR count). The molecule has 3 nitrogen and oxygen atoms in total. The van der Waals surface area contributed by atoms with Crippen molar-refractivity contribution in [3.8, 4) is 39.1 Å². The van der Waals surface area contributed by atoms with Crippen LogP contribution in [-0.4, -0.2) is 4.57 Å². The van der Waals surface area contributed by atoms with E-state index in [1.54, 1.807) is 0 Å². The van der Waals surface area contributed by atoms with Crippen LogP contribution in [0.3, 0.4) is 0 Å². The molecule has 10 aromatic carbocycles. The highest BCUT2D eigenvalue weighted by molar-refractivity contribution is 6.12. The summed E-state index contributed by atoms with van der Waals surface area (Å²) < 4.78 is 8.94. The molecule has 0 saturated carbocycles. The summed E-state index contributed by atoms with van der Waals surface area (Å²) >= 11 is 0. The Labute approximate surface area is 371 Å². The van der Waals surface area contributed by atoms with Crippen LogP contribution in [0.2, 0.25) is 0 Å². The lowest BCUT2D eigenvalue weighted by Gasteiger charge is -2.30. The lowest BCUT2D eigenvalue weighted by atomic mass is 9.81. The molecule has 0 atom stereocenters. The molecule has 64 heavy (non-hydrogen) atoms. The van der Waals surface area contributed by atoms with E-state index in [1.165, 1.54) is 66.0 Å². The third-order valence-corrected chi connectivity index (χ3v) is 13.8. The van der Waals surface area contributed by atoms with E-state index in [0.29, 0.717) is 0 Å². The van der Waals surface area contributed by atoms with Crippen molar-refractivity contribution in [3.63, 3.8) is 0 Å². The van der Waals surface area contributed by atoms with Gasteiger partial charge in [0.05, 0.1) is 22.4 Å². The third-order valence-electron chi connectivity index (χ3n) is 13.8. The first-order chi connectivity index (χ1) is 31.5. The first-order valence-corrected chi connectivity index (χ1v) is 22.2. The number of hydrogen-bond donors (Lipinski definition) is 0. The standard InChI is InChI=1S/C61H42N2O/c1-61(2)53-37-41(39-15-4-3-5-16-39)29-33-45(53)46-34-32-43(38-54(46)61)62(42-30-27-40(28-31-42)44-22-14-23-52-51-21-10-13-26-59(51)64-60(44)52)57-35-36-58(50-18-7-6-17-49(50)57)63-55-24-11-8-19-47(55)48-20-9-12-25-56(48)63/h3-38H,1-2H3. The molecule has 0 bridgehead atoms. The Morgan fingerprint density at radius 3 is 1.72 bits per heavy atom. The fraction of sp³-hybridized carbons (Fsp3) is 0.0492. The predicted molar refractivity (Wildman–Crippen MR) is 269 cm³/mol. The summed E-state index contributed by atoms with van der Waals surface area (Å²) in [4.78, 5) is 2.46. The molecule has 12 aromatic rings. The van der Waals surface area contributed by atoms with Gasteiger partial charge >= 0.3 is 0 Å². The zero-order valence-electron chi connectivity index (χ0n) is 35.6. The number of fused-ring (bicyclic) bond motifs is 10. The van der Waals surface area contributed by atoms with Crippen LogP contribution in [0.4, 0.5) is 17.1 Å². The molecule has 3 heteroatoms.